The van der Waals surface area contributed by atoms with Crippen molar-refractivity contribution in [3.63, 3.8) is 0 Å². The Morgan fingerprint density at radius 1 is 1.26 bits per heavy atom. The summed E-state index contributed by atoms with van der Waals surface area (Å²) in [5.74, 6) is 0.677. The molecule has 1 N–H and O–H groups in total. The highest BCUT2D eigenvalue weighted by Crippen LogP contribution is 2.25. The first-order chi connectivity index (χ1) is 11.0. The number of carbonyl (C=O) groups excluding carboxylic acids is 1. The minimum absolute atomic E-state index is 0.00932. The number of nitriles is 1. The standard InChI is InChI=1S/C18H21N3O2/c1-12(2)13(3)20-18(22)17-14(11-19)9-10-21(17)15-7-5-6-8-16(15)23-4/h5-10,12-13H,1-4H3,(H,20,22). The van der Waals surface area contributed by atoms with Crippen LogP contribution in [0.25, 0.3) is 5.69 Å². The molecular formula is C18H21N3O2. The van der Waals surface area contributed by atoms with Crippen molar-refractivity contribution in [1.82, 2.24) is 9.88 Å². The molecule has 0 bridgehead atoms. The van der Waals surface area contributed by atoms with Gasteiger partial charge in [0.05, 0.1) is 18.4 Å². The average Bonchev–Trinajstić information content (AvgIpc) is 2.98. The van der Waals surface area contributed by atoms with Crippen LogP contribution in [0, 0.1) is 17.2 Å². The summed E-state index contributed by atoms with van der Waals surface area (Å²) in [4.78, 5) is 12.7. The van der Waals surface area contributed by atoms with Crippen LogP contribution in [0.3, 0.4) is 0 Å². The molecule has 2 aromatic rings. The van der Waals surface area contributed by atoms with Crippen LogP contribution in [-0.4, -0.2) is 23.6 Å². The van der Waals surface area contributed by atoms with Gasteiger partial charge in [-0.3, -0.25) is 4.79 Å². The number of amides is 1. The van der Waals surface area contributed by atoms with E-state index in [1.165, 1.54) is 0 Å². The Hall–Kier alpha value is -2.74. The van der Waals surface area contributed by atoms with Gasteiger partial charge in [0.25, 0.3) is 5.91 Å². The predicted molar refractivity (Wildman–Crippen MR) is 88.8 cm³/mol. The van der Waals surface area contributed by atoms with E-state index in [0.29, 0.717) is 22.9 Å². The first kappa shape index (κ1) is 16.6. The molecule has 0 aliphatic carbocycles. The Morgan fingerprint density at radius 2 is 1.96 bits per heavy atom. The van der Waals surface area contributed by atoms with Crippen LogP contribution in [0.1, 0.15) is 36.8 Å². The van der Waals surface area contributed by atoms with E-state index in [-0.39, 0.29) is 11.9 Å². The van der Waals surface area contributed by atoms with E-state index < -0.39 is 0 Å². The molecule has 0 fully saturated rings. The summed E-state index contributed by atoms with van der Waals surface area (Å²) in [6, 6.07) is 11.1. The first-order valence-electron chi connectivity index (χ1n) is 7.55. The number of hydrogen-bond acceptors (Lipinski definition) is 3. The van der Waals surface area contributed by atoms with E-state index in [4.69, 9.17) is 4.74 Å². The molecule has 0 saturated carbocycles. The van der Waals surface area contributed by atoms with Gasteiger partial charge in [0.1, 0.15) is 17.5 Å². The Kier molecular flexibility index (Phi) is 5.07. The third-order valence-electron chi connectivity index (χ3n) is 3.93. The van der Waals surface area contributed by atoms with Gasteiger partial charge in [-0.05, 0) is 31.0 Å². The summed E-state index contributed by atoms with van der Waals surface area (Å²) >= 11 is 0. The third kappa shape index (κ3) is 3.37. The third-order valence-corrected chi connectivity index (χ3v) is 3.93. The molecular weight excluding hydrogens is 290 g/mol. The maximum atomic E-state index is 12.7. The summed E-state index contributed by atoms with van der Waals surface area (Å²) in [5.41, 5.74) is 1.38. The molecule has 0 radical (unpaired) electrons. The molecule has 23 heavy (non-hydrogen) atoms. The zero-order valence-corrected chi connectivity index (χ0v) is 13.8. The zero-order chi connectivity index (χ0) is 17.0. The van der Waals surface area contributed by atoms with Crippen molar-refractivity contribution < 1.29 is 9.53 Å². The molecule has 0 saturated heterocycles. The molecule has 1 aromatic heterocycles. The SMILES string of the molecule is COc1ccccc1-n1ccc(C#N)c1C(=O)NC(C)C(C)C. The first-order valence-corrected chi connectivity index (χ1v) is 7.55. The number of nitrogens with one attached hydrogen (secondary N) is 1. The van der Waals surface area contributed by atoms with Gasteiger partial charge in [-0.2, -0.15) is 5.26 Å². The van der Waals surface area contributed by atoms with Crippen LogP contribution in [0.15, 0.2) is 36.5 Å². The molecule has 0 aliphatic rings. The minimum Gasteiger partial charge on any atom is -0.495 e. The van der Waals surface area contributed by atoms with Crippen LogP contribution in [0.2, 0.25) is 0 Å². The fourth-order valence-electron chi connectivity index (χ4n) is 2.23. The number of hydrogen-bond donors (Lipinski definition) is 1. The molecule has 1 atom stereocenters. The minimum atomic E-state index is -0.265. The molecule has 1 aromatic carbocycles. The van der Waals surface area contributed by atoms with Gasteiger partial charge < -0.3 is 14.6 Å². The molecule has 5 heteroatoms. The lowest BCUT2D eigenvalue weighted by molar-refractivity contribution is 0.0923. The van der Waals surface area contributed by atoms with Crippen molar-refractivity contribution in [2.45, 2.75) is 26.8 Å². The van der Waals surface area contributed by atoms with Gasteiger partial charge >= 0.3 is 0 Å². The molecule has 120 valence electrons. The average molecular weight is 311 g/mol. The van der Waals surface area contributed by atoms with Gasteiger partial charge in [0.2, 0.25) is 0 Å². The number of aromatic nitrogens is 1. The Labute approximate surface area is 136 Å². The van der Waals surface area contributed by atoms with Gasteiger partial charge in [0.15, 0.2) is 0 Å². The van der Waals surface area contributed by atoms with E-state index in [1.807, 2.05) is 45.0 Å². The Bertz CT molecular complexity index is 741. The summed E-state index contributed by atoms with van der Waals surface area (Å²) < 4.78 is 7.06. The Balaban J connectivity index is 2.50. The fraction of sp³-hybridized carbons (Fsp3) is 0.333. The predicted octanol–water partition coefficient (Wildman–Crippen LogP) is 3.13. The second kappa shape index (κ2) is 7.01. The second-order valence-electron chi connectivity index (χ2n) is 5.74. The van der Waals surface area contributed by atoms with Crippen LogP contribution >= 0.6 is 0 Å². The highest BCUT2D eigenvalue weighted by Gasteiger charge is 2.22. The highest BCUT2D eigenvalue weighted by atomic mass is 16.5. The topological polar surface area (TPSA) is 67.0 Å². The molecule has 1 unspecified atom stereocenters. The van der Waals surface area contributed by atoms with Crippen LogP contribution in [-0.2, 0) is 0 Å². The largest absolute Gasteiger partial charge is 0.495 e. The van der Waals surface area contributed by atoms with Crippen molar-refractivity contribution in [3.8, 4) is 17.5 Å². The van der Waals surface area contributed by atoms with Gasteiger partial charge in [-0.1, -0.05) is 26.0 Å². The van der Waals surface area contributed by atoms with E-state index in [1.54, 1.807) is 23.9 Å². The van der Waals surface area contributed by atoms with E-state index in [9.17, 15) is 10.1 Å². The number of ether oxygens (including phenoxy) is 1. The van der Waals surface area contributed by atoms with Crippen LogP contribution in [0.4, 0.5) is 0 Å². The maximum Gasteiger partial charge on any atom is 0.269 e. The van der Waals surface area contributed by atoms with Crippen molar-refractivity contribution in [3.05, 3.63) is 47.8 Å². The maximum absolute atomic E-state index is 12.7. The molecule has 0 aliphatic heterocycles. The van der Waals surface area contributed by atoms with E-state index >= 15 is 0 Å². The molecule has 2 rings (SSSR count). The smallest absolute Gasteiger partial charge is 0.269 e. The number of benzene rings is 1. The van der Waals surface area contributed by atoms with Gasteiger partial charge in [-0.15, -0.1) is 0 Å². The van der Waals surface area contributed by atoms with Crippen molar-refractivity contribution in [2.24, 2.45) is 5.92 Å². The quantitative estimate of drug-likeness (QED) is 0.922. The summed E-state index contributed by atoms with van der Waals surface area (Å²) in [7, 11) is 1.58. The number of carbonyl (C=O) groups is 1. The normalized spacial score (nSPS) is 11.8. The summed E-state index contributed by atoms with van der Waals surface area (Å²) in [6.45, 7) is 6.02. The lowest BCUT2D eigenvalue weighted by atomic mass is 10.1. The van der Waals surface area contributed by atoms with Gasteiger partial charge in [-0.25, -0.2) is 0 Å². The van der Waals surface area contributed by atoms with Crippen molar-refractivity contribution >= 4 is 5.91 Å². The molecule has 1 heterocycles. The number of rotatable bonds is 5. The second-order valence-corrected chi connectivity index (χ2v) is 5.74. The van der Waals surface area contributed by atoms with E-state index in [2.05, 4.69) is 11.4 Å². The van der Waals surface area contributed by atoms with Crippen LogP contribution < -0.4 is 10.1 Å². The number of para-hydroxylation sites is 2. The van der Waals surface area contributed by atoms with Crippen LogP contribution in [0.5, 0.6) is 5.75 Å². The highest BCUT2D eigenvalue weighted by molar-refractivity contribution is 5.96. The zero-order valence-electron chi connectivity index (χ0n) is 13.8. The van der Waals surface area contributed by atoms with Crippen molar-refractivity contribution in [2.75, 3.05) is 7.11 Å². The van der Waals surface area contributed by atoms with Gasteiger partial charge in [0, 0.05) is 12.2 Å². The van der Waals surface area contributed by atoms with Crippen molar-refractivity contribution in [1.29, 1.82) is 5.26 Å². The molecule has 1 amide bonds. The number of methoxy groups -OCH3 is 1. The summed E-state index contributed by atoms with van der Waals surface area (Å²) in [5, 5.41) is 12.3. The fourth-order valence-corrected chi connectivity index (χ4v) is 2.23. The number of nitrogens with zero attached hydrogens (tertiary/aromatic N) is 2. The lowest BCUT2D eigenvalue weighted by Crippen LogP contribution is -2.37. The Morgan fingerprint density at radius 3 is 2.57 bits per heavy atom. The molecule has 5 nitrogen and oxygen atoms in total. The van der Waals surface area contributed by atoms with E-state index in [0.717, 1.165) is 5.69 Å². The summed E-state index contributed by atoms with van der Waals surface area (Å²) in [6.07, 6.45) is 1.71. The lowest BCUT2D eigenvalue weighted by Gasteiger charge is -2.19. The molecule has 0 spiro atoms. The monoisotopic (exact) mass is 311 g/mol.